The van der Waals surface area contributed by atoms with Gasteiger partial charge in [0.15, 0.2) is 0 Å². The summed E-state index contributed by atoms with van der Waals surface area (Å²) >= 11 is 0. The van der Waals surface area contributed by atoms with Crippen molar-refractivity contribution in [3.8, 4) is 0 Å². The zero-order valence-corrected chi connectivity index (χ0v) is 16.3. The summed E-state index contributed by atoms with van der Waals surface area (Å²) in [6.45, 7) is 13.6. The van der Waals surface area contributed by atoms with Crippen molar-refractivity contribution in [1.29, 1.82) is 0 Å². The van der Waals surface area contributed by atoms with Crippen LogP contribution in [0.1, 0.15) is 92.9 Å². The molecule has 0 saturated heterocycles. The summed E-state index contributed by atoms with van der Waals surface area (Å²) < 4.78 is 5.69. The number of esters is 1. The lowest BCUT2D eigenvalue weighted by molar-refractivity contribution is -0.155. The molecule has 5 unspecified atom stereocenters. The fourth-order valence-corrected chi connectivity index (χ4v) is 5.60. The minimum Gasteiger partial charge on any atom is -0.462 e. The predicted octanol–water partition coefficient (Wildman–Crippen LogP) is 5.99. The second kappa shape index (κ2) is 7.15. The van der Waals surface area contributed by atoms with E-state index in [1.54, 1.807) is 6.92 Å². The Kier molecular flexibility index (Phi) is 5.85. The first-order valence-electron chi connectivity index (χ1n) is 9.81. The van der Waals surface area contributed by atoms with E-state index in [9.17, 15) is 4.79 Å². The Hall–Kier alpha value is -0.530. The fourth-order valence-electron chi connectivity index (χ4n) is 5.60. The maximum atomic E-state index is 11.4. The molecule has 2 rings (SSSR count). The first kappa shape index (κ1) is 18.8. The van der Waals surface area contributed by atoms with Gasteiger partial charge in [0.2, 0.25) is 0 Å². The number of ether oxygens (including phenoxy) is 1. The zero-order chi connectivity index (χ0) is 17.3. The minimum atomic E-state index is -0.0964. The van der Waals surface area contributed by atoms with Crippen molar-refractivity contribution < 1.29 is 9.53 Å². The van der Waals surface area contributed by atoms with Crippen molar-refractivity contribution in [3.05, 3.63) is 0 Å². The van der Waals surface area contributed by atoms with E-state index in [-0.39, 0.29) is 12.1 Å². The number of carbonyl (C=O) groups is 1. The smallest absolute Gasteiger partial charge is 0.302 e. The third-order valence-corrected chi connectivity index (χ3v) is 6.73. The van der Waals surface area contributed by atoms with Crippen molar-refractivity contribution in [2.45, 2.75) is 99.0 Å². The molecule has 0 radical (unpaired) electrons. The molecule has 2 aliphatic carbocycles. The molecular weight excluding hydrogens is 284 g/mol. The standard InChI is InChI=1S/C21H38O2/c1-15(9-7-13-20(3,4)5)17-11-12-18-19(23-16(2)22)10-8-14-21(17,18)6/h15,17-19H,7-14H2,1-6H3. The highest BCUT2D eigenvalue weighted by atomic mass is 16.5. The van der Waals surface area contributed by atoms with Crippen LogP contribution in [0.2, 0.25) is 0 Å². The molecule has 2 aliphatic rings. The summed E-state index contributed by atoms with van der Waals surface area (Å²) in [6.07, 6.45) is 10.4. The average molecular weight is 323 g/mol. The molecule has 0 spiro atoms. The third kappa shape index (κ3) is 4.51. The van der Waals surface area contributed by atoms with Gasteiger partial charge in [-0.15, -0.1) is 0 Å². The molecule has 0 aromatic rings. The lowest BCUT2D eigenvalue weighted by Crippen LogP contribution is -2.43. The van der Waals surface area contributed by atoms with Crippen molar-refractivity contribution >= 4 is 5.97 Å². The topological polar surface area (TPSA) is 26.3 Å². The summed E-state index contributed by atoms with van der Waals surface area (Å²) in [5, 5.41) is 0. The number of rotatable bonds is 5. The number of hydrogen-bond donors (Lipinski definition) is 0. The van der Waals surface area contributed by atoms with Crippen LogP contribution in [0.3, 0.4) is 0 Å². The molecule has 0 aromatic heterocycles. The Morgan fingerprint density at radius 2 is 1.96 bits per heavy atom. The van der Waals surface area contributed by atoms with Gasteiger partial charge >= 0.3 is 5.97 Å². The summed E-state index contributed by atoms with van der Waals surface area (Å²) in [6, 6.07) is 0. The van der Waals surface area contributed by atoms with Gasteiger partial charge in [0.25, 0.3) is 0 Å². The Morgan fingerprint density at radius 3 is 2.57 bits per heavy atom. The van der Waals surface area contributed by atoms with Crippen LogP contribution in [0.5, 0.6) is 0 Å². The number of hydrogen-bond acceptors (Lipinski definition) is 2. The lowest BCUT2D eigenvalue weighted by Gasteiger charge is -2.46. The van der Waals surface area contributed by atoms with Gasteiger partial charge in [-0.05, 0) is 61.2 Å². The van der Waals surface area contributed by atoms with Gasteiger partial charge in [-0.25, -0.2) is 0 Å². The maximum Gasteiger partial charge on any atom is 0.302 e. The molecule has 0 aromatic carbocycles. The summed E-state index contributed by atoms with van der Waals surface area (Å²) in [5.74, 6) is 2.10. The maximum absolute atomic E-state index is 11.4. The SMILES string of the molecule is CC(=O)OC1CCCC2(C)C(C(C)CCCC(C)(C)C)CCC12. The van der Waals surface area contributed by atoms with E-state index in [0.717, 1.165) is 18.3 Å². The molecule has 2 saturated carbocycles. The fraction of sp³-hybridized carbons (Fsp3) is 0.952. The molecule has 0 bridgehead atoms. The first-order chi connectivity index (χ1) is 10.6. The van der Waals surface area contributed by atoms with E-state index < -0.39 is 0 Å². The Morgan fingerprint density at radius 1 is 1.26 bits per heavy atom. The van der Waals surface area contributed by atoms with Crippen LogP contribution in [0.4, 0.5) is 0 Å². The average Bonchev–Trinajstić information content (AvgIpc) is 2.74. The van der Waals surface area contributed by atoms with Gasteiger partial charge < -0.3 is 4.74 Å². The largest absolute Gasteiger partial charge is 0.462 e. The summed E-state index contributed by atoms with van der Waals surface area (Å²) in [4.78, 5) is 11.4. The second-order valence-corrected chi connectivity index (χ2v) is 9.77. The van der Waals surface area contributed by atoms with Crippen molar-refractivity contribution in [2.24, 2.45) is 28.6 Å². The van der Waals surface area contributed by atoms with Crippen LogP contribution in [-0.4, -0.2) is 12.1 Å². The molecule has 0 heterocycles. The Labute approximate surface area is 143 Å². The van der Waals surface area contributed by atoms with E-state index in [2.05, 4.69) is 34.6 Å². The van der Waals surface area contributed by atoms with Gasteiger partial charge in [-0.2, -0.15) is 0 Å². The molecule has 5 atom stereocenters. The van der Waals surface area contributed by atoms with Crippen LogP contribution in [0, 0.1) is 28.6 Å². The van der Waals surface area contributed by atoms with Crippen molar-refractivity contribution in [3.63, 3.8) is 0 Å². The van der Waals surface area contributed by atoms with Gasteiger partial charge in [0.1, 0.15) is 6.10 Å². The number of fused-ring (bicyclic) bond motifs is 1. The Balaban J connectivity index is 1.97. The van der Waals surface area contributed by atoms with Gasteiger partial charge in [-0.3, -0.25) is 4.79 Å². The predicted molar refractivity (Wildman–Crippen MR) is 96.2 cm³/mol. The normalized spacial score (nSPS) is 35.7. The van der Waals surface area contributed by atoms with Crippen LogP contribution in [-0.2, 0) is 9.53 Å². The Bertz CT molecular complexity index is 409. The van der Waals surface area contributed by atoms with Crippen LogP contribution >= 0.6 is 0 Å². The highest BCUT2D eigenvalue weighted by Crippen LogP contribution is 2.58. The lowest BCUT2D eigenvalue weighted by atomic mass is 9.61. The van der Waals surface area contributed by atoms with E-state index in [1.807, 2.05) is 0 Å². The zero-order valence-electron chi connectivity index (χ0n) is 16.3. The van der Waals surface area contributed by atoms with Crippen molar-refractivity contribution in [2.75, 3.05) is 0 Å². The molecular formula is C21H38O2. The van der Waals surface area contributed by atoms with E-state index >= 15 is 0 Å². The molecule has 134 valence electrons. The molecule has 2 nitrogen and oxygen atoms in total. The monoisotopic (exact) mass is 322 g/mol. The summed E-state index contributed by atoms with van der Waals surface area (Å²) in [5.41, 5.74) is 0.840. The third-order valence-electron chi connectivity index (χ3n) is 6.73. The molecule has 23 heavy (non-hydrogen) atoms. The molecule has 0 aliphatic heterocycles. The van der Waals surface area contributed by atoms with Crippen molar-refractivity contribution in [1.82, 2.24) is 0 Å². The molecule has 2 fully saturated rings. The molecule has 0 N–H and O–H groups in total. The minimum absolute atomic E-state index is 0.0964. The van der Waals surface area contributed by atoms with Gasteiger partial charge in [-0.1, -0.05) is 47.5 Å². The van der Waals surface area contributed by atoms with E-state index in [0.29, 0.717) is 16.7 Å². The molecule has 2 heteroatoms. The number of carbonyl (C=O) groups excluding carboxylic acids is 1. The highest BCUT2D eigenvalue weighted by Gasteiger charge is 2.53. The van der Waals surface area contributed by atoms with E-state index in [1.165, 1.54) is 44.9 Å². The van der Waals surface area contributed by atoms with Crippen LogP contribution < -0.4 is 0 Å². The summed E-state index contributed by atoms with van der Waals surface area (Å²) in [7, 11) is 0. The van der Waals surface area contributed by atoms with Gasteiger partial charge in [0.05, 0.1) is 0 Å². The molecule has 0 amide bonds. The van der Waals surface area contributed by atoms with Gasteiger partial charge in [0, 0.05) is 12.8 Å². The van der Waals surface area contributed by atoms with Crippen LogP contribution in [0.25, 0.3) is 0 Å². The first-order valence-corrected chi connectivity index (χ1v) is 9.81. The second-order valence-electron chi connectivity index (χ2n) is 9.77. The van der Waals surface area contributed by atoms with E-state index in [4.69, 9.17) is 4.74 Å². The quantitative estimate of drug-likeness (QED) is 0.581. The van der Waals surface area contributed by atoms with Crippen LogP contribution in [0.15, 0.2) is 0 Å². The highest BCUT2D eigenvalue weighted by molar-refractivity contribution is 5.66.